The molecule has 0 fully saturated rings. The van der Waals surface area contributed by atoms with Crippen LogP contribution in [-0.4, -0.2) is 12.0 Å². The third-order valence-corrected chi connectivity index (χ3v) is 3.11. The number of nitrogens with zero attached hydrogens (tertiary/aromatic N) is 1. The summed E-state index contributed by atoms with van der Waals surface area (Å²) in [6, 6.07) is 2.27. The average Bonchev–Trinajstić information content (AvgIpc) is 2.38. The first-order chi connectivity index (χ1) is 9.52. The molecule has 0 amide bonds. The van der Waals surface area contributed by atoms with Gasteiger partial charge in [0.25, 0.3) is 0 Å². The van der Waals surface area contributed by atoms with Crippen molar-refractivity contribution in [3.63, 3.8) is 0 Å². The first kappa shape index (κ1) is 14.3. The number of pyridine rings is 1. The zero-order valence-corrected chi connectivity index (χ0v) is 10.8. The molecule has 1 aromatic carbocycles. The third-order valence-electron chi connectivity index (χ3n) is 3.11. The molecule has 0 aliphatic heterocycles. The molecule has 0 aliphatic rings. The Hall–Kier alpha value is -2.08. The molecular formula is C14H14F3N3. The van der Waals surface area contributed by atoms with E-state index in [-0.39, 0.29) is 12.0 Å². The van der Waals surface area contributed by atoms with E-state index >= 15 is 0 Å². The Balaban J connectivity index is 2.37. The molecular weight excluding hydrogens is 267 g/mol. The fraction of sp³-hybridized carbons (Fsp3) is 0.214. The van der Waals surface area contributed by atoms with E-state index in [2.05, 4.69) is 10.3 Å². The van der Waals surface area contributed by atoms with E-state index in [1.807, 2.05) is 0 Å². The van der Waals surface area contributed by atoms with Crippen molar-refractivity contribution in [2.24, 2.45) is 0 Å². The van der Waals surface area contributed by atoms with Crippen LogP contribution in [-0.2, 0) is 6.42 Å². The van der Waals surface area contributed by atoms with Crippen LogP contribution >= 0.6 is 0 Å². The summed E-state index contributed by atoms with van der Waals surface area (Å²) in [6.45, 7) is 0. The number of halogens is 3. The van der Waals surface area contributed by atoms with Crippen LogP contribution in [0, 0.1) is 17.5 Å². The summed E-state index contributed by atoms with van der Waals surface area (Å²) >= 11 is 0. The highest BCUT2D eigenvalue weighted by Gasteiger charge is 2.21. The van der Waals surface area contributed by atoms with Crippen molar-refractivity contribution in [3.8, 4) is 0 Å². The highest BCUT2D eigenvalue weighted by atomic mass is 19.1. The van der Waals surface area contributed by atoms with Crippen LogP contribution in [0.25, 0.3) is 0 Å². The van der Waals surface area contributed by atoms with Gasteiger partial charge in [-0.15, -0.1) is 0 Å². The summed E-state index contributed by atoms with van der Waals surface area (Å²) in [7, 11) is 1.57. The van der Waals surface area contributed by atoms with Gasteiger partial charge in [0.05, 0.1) is 0 Å². The van der Waals surface area contributed by atoms with Crippen molar-refractivity contribution in [2.45, 2.75) is 12.5 Å². The minimum atomic E-state index is -0.945. The molecule has 0 radical (unpaired) electrons. The number of benzene rings is 1. The van der Waals surface area contributed by atoms with Crippen LogP contribution in [0.3, 0.4) is 0 Å². The standard InChI is InChI=1S/C14H14F3N3/c1-19-13(4-8-7-20-3-2-12(8)18)14-10(16)5-9(15)6-11(14)17/h2-3,5-7,13,19H,4H2,1H3,(H2,18,20). The summed E-state index contributed by atoms with van der Waals surface area (Å²) in [5.41, 5.74) is 6.73. The Bertz CT molecular complexity index is 593. The van der Waals surface area contributed by atoms with Gasteiger partial charge in [0.2, 0.25) is 0 Å². The van der Waals surface area contributed by atoms with Gasteiger partial charge in [0.15, 0.2) is 0 Å². The van der Waals surface area contributed by atoms with Crippen LogP contribution in [0.2, 0.25) is 0 Å². The molecule has 6 heteroatoms. The van der Waals surface area contributed by atoms with Gasteiger partial charge in [-0.05, 0) is 25.1 Å². The molecule has 0 spiro atoms. The van der Waals surface area contributed by atoms with Crippen molar-refractivity contribution in [1.82, 2.24) is 10.3 Å². The maximum absolute atomic E-state index is 13.8. The van der Waals surface area contributed by atoms with Crippen molar-refractivity contribution in [1.29, 1.82) is 0 Å². The van der Waals surface area contributed by atoms with E-state index in [0.717, 1.165) is 0 Å². The number of rotatable bonds is 4. The maximum atomic E-state index is 13.8. The monoisotopic (exact) mass is 281 g/mol. The van der Waals surface area contributed by atoms with Gasteiger partial charge in [-0.25, -0.2) is 13.2 Å². The van der Waals surface area contributed by atoms with Crippen molar-refractivity contribution >= 4 is 5.69 Å². The lowest BCUT2D eigenvalue weighted by molar-refractivity contribution is 0.475. The lowest BCUT2D eigenvalue weighted by Crippen LogP contribution is -2.22. The highest BCUT2D eigenvalue weighted by molar-refractivity contribution is 5.45. The second-order valence-electron chi connectivity index (χ2n) is 4.40. The minimum absolute atomic E-state index is 0.211. The number of hydrogen-bond donors (Lipinski definition) is 2. The van der Waals surface area contributed by atoms with Crippen LogP contribution in [0.5, 0.6) is 0 Å². The summed E-state index contributed by atoms with van der Waals surface area (Å²) in [5.74, 6) is -2.80. The lowest BCUT2D eigenvalue weighted by Gasteiger charge is -2.19. The Morgan fingerprint density at radius 3 is 2.45 bits per heavy atom. The van der Waals surface area contributed by atoms with E-state index in [9.17, 15) is 13.2 Å². The molecule has 2 rings (SSSR count). The number of nitrogens with two attached hydrogens (primary N) is 1. The van der Waals surface area contributed by atoms with Crippen LogP contribution < -0.4 is 11.1 Å². The molecule has 0 saturated carbocycles. The fourth-order valence-corrected chi connectivity index (χ4v) is 2.06. The Kier molecular flexibility index (Phi) is 4.24. The summed E-state index contributed by atoms with van der Waals surface area (Å²) in [6.07, 6.45) is 3.32. The average molecular weight is 281 g/mol. The quantitative estimate of drug-likeness (QED) is 0.905. The molecule has 106 valence electrons. The van der Waals surface area contributed by atoms with E-state index < -0.39 is 23.5 Å². The number of hydrogen-bond acceptors (Lipinski definition) is 3. The number of aromatic nitrogens is 1. The smallest absolute Gasteiger partial charge is 0.133 e. The normalized spacial score (nSPS) is 12.4. The third kappa shape index (κ3) is 2.91. The van der Waals surface area contributed by atoms with Gasteiger partial charge in [-0.1, -0.05) is 0 Å². The molecule has 1 atom stereocenters. The molecule has 1 aromatic heterocycles. The van der Waals surface area contributed by atoms with Gasteiger partial charge in [0, 0.05) is 41.8 Å². The molecule has 1 heterocycles. The van der Waals surface area contributed by atoms with Crippen molar-refractivity contribution in [2.75, 3.05) is 12.8 Å². The zero-order chi connectivity index (χ0) is 14.7. The van der Waals surface area contributed by atoms with E-state index in [1.165, 1.54) is 6.20 Å². The number of anilines is 1. The topological polar surface area (TPSA) is 50.9 Å². The van der Waals surface area contributed by atoms with Crippen molar-refractivity contribution < 1.29 is 13.2 Å². The summed E-state index contributed by atoms with van der Waals surface area (Å²) in [5, 5.41) is 2.81. The van der Waals surface area contributed by atoms with E-state index in [1.54, 1.807) is 19.3 Å². The highest BCUT2D eigenvalue weighted by Crippen LogP contribution is 2.26. The molecule has 0 bridgehead atoms. The van der Waals surface area contributed by atoms with Crippen LogP contribution in [0.1, 0.15) is 17.2 Å². The van der Waals surface area contributed by atoms with Gasteiger partial charge >= 0.3 is 0 Å². The molecule has 20 heavy (non-hydrogen) atoms. The second kappa shape index (κ2) is 5.92. The molecule has 0 saturated heterocycles. The Morgan fingerprint density at radius 2 is 1.90 bits per heavy atom. The van der Waals surface area contributed by atoms with Gasteiger partial charge < -0.3 is 11.1 Å². The van der Waals surface area contributed by atoms with Crippen LogP contribution in [0.4, 0.5) is 18.9 Å². The largest absolute Gasteiger partial charge is 0.398 e. The maximum Gasteiger partial charge on any atom is 0.133 e. The summed E-state index contributed by atoms with van der Waals surface area (Å²) in [4.78, 5) is 3.93. The Morgan fingerprint density at radius 1 is 1.25 bits per heavy atom. The minimum Gasteiger partial charge on any atom is -0.398 e. The first-order valence-electron chi connectivity index (χ1n) is 6.03. The number of likely N-dealkylation sites (N-methyl/N-ethyl adjacent to an activating group) is 1. The predicted octanol–water partition coefficient (Wildman–Crippen LogP) is 2.58. The SMILES string of the molecule is CNC(Cc1cnccc1N)c1c(F)cc(F)cc1F. The number of nitrogen functional groups attached to an aromatic ring is 1. The number of nitrogens with one attached hydrogen (secondary N) is 1. The fourth-order valence-electron chi connectivity index (χ4n) is 2.06. The molecule has 1 unspecified atom stereocenters. The molecule has 3 N–H and O–H groups in total. The van der Waals surface area contributed by atoms with E-state index in [0.29, 0.717) is 23.4 Å². The lowest BCUT2D eigenvalue weighted by atomic mass is 9.98. The van der Waals surface area contributed by atoms with Gasteiger partial charge in [-0.2, -0.15) is 0 Å². The molecule has 3 nitrogen and oxygen atoms in total. The Labute approximate surface area is 114 Å². The summed E-state index contributed by atoms with van der Waals surface area (Å²) < 4.78 is 40.5. The predicted molar refractivity (Wildman–Crippen MR) is 70.5 cm³/mol. The molecule has 2 aromatic rings. The van der Waals surface area contributed by atoms with Gasteiger partial charge in [0.1, 0.15) is 17.5 Å². The first-order valence-corrected chi connectivity index (χ1v) is 6.03. The zero-order valence-electron chi connectivity index (χ0n) is 10.8. The van der Waals surface area contributed by atoms with Gasteiger partial charge in [-0.3, -0.25) is 4.98 Å². The van der Waals surface area contributed by atoms with E-state index in [4.69, 9.17) is 5.73 Å². The van der Waals surface area contributed by atoms with Crippen LogP contribution in [0.15, 0.2) is 30.6 Å². The molecule has 0 aliphatic carbocycles. The second-order valence-corrected chi connectivity index (χ2v) is 4.40. The van der Waals surface area contributed by atoms with Crippen molar-refractivity contribution in [3.05, 3.63) is 59.2 Å².